The van der Waals surface area contributed by atoms with Crippen molar-refractivity contribution in [3.63, 3.8) is 0 Å². The van der Waals surface area contributed by atoms with Crippen molar-refractivity contribution in [2.75, 3.05) is 13.7 Å². The summed E-state index contributed by atoms with van der Waals surface area (Å²) in [6.07, 6.45) is 10.5. The topological polar surface area (TPSA) is 46.5 Å². The van der Waals surface area contributed by atoms with Crippen molar-refractivity contribution in [1.29, 1.82) is 0 Å². The molecule has 0 radical (unpaired) electrons. The Morgan fingerprint density at radius 1 is 1.04 bits per heavy atom. The molecule has 3 nitrogen and oxygen atoms in total. The molecular formula is C24H40O3. The van der Waals surface area contributed by atoms with E-state index in [0.717, 1.165) is 48.9 Å². The van der Waals surface area contributed by atoms with Crippen LogP contribution >= 0.6 is 0 Å². The molecule has 0 aromatic carbocycles. The zero-order chi connectivity index (χ0) is 19.4. The number of aliphatic hydroxyl groups is 1. The Hall–Kier alpha value is -0.410. The lowest BCUT2D eigenvalue weighted by molar-refractivity contribution is -0.160. The smallest absolute Gasteiger partial charge is 0.133 e. The van der Waals surface area contributed by atoms with Crippen molar-refractivity contribution in [2.45, 2.75) is 84.2 Å². The van der Waals surface area contributed by atoms with Crippen LogP contribution < -0.4 is 0 Å². The Morgan fingerprint density at radius 3 is 2.48 bits per heavy atom. The quantitative estimate of drug-likeness (QED) is 0.765. The molecule has 0 aromatic heterocycles. The number of hydrogen-bond acceptors (Lipinski definition) is 3. The van der Waals surface area contributed by atoms with Crippen molar-refractivity contribution in [2.24, 2.45) is 46.8 Å². The Bertz CT molecular complexity index is 574. The number of carbonyl (C=O) groups is 1. The van der Waals surface area contributed by atoms with Gasteiger partial charge in [-0.15, -0.1) is 0 Å². The minimum absolute atomic E-state index is 0.225. The molecule has 0 saturated heterocycles. The van der Waals surface area contributed by atoms with Gasteiger partial charge in [0.15, 0.2) is 0 Å². The molecule has 4 aliphatic rings. The summed E-state index contributed by atoms with van der Waals surface area (Å²) in [5, 5.41) is 10.9. The fraction of sp³-hybridized carbons (Fsp3) is 0.958. The monoisotopic (exact) mass is 376 g/mol. The van der Waals surface area contributed by atoms with Crippen LogP contribution in [0.5, 0.6) is 0 Å². The van der Waals surface area contributed by atoms with Crippen LogP contribution in [0.15, 0.2) is 0 Å². The van der Waals surface area contributed by atoms with Gasteiger partial charge in [-0.25, -0.2) is 0 Å². The summed E-state index contributed by atoms with van der Waals surface area (Å²) in [5.41, 5.74) is -0.368. The van der Waals surface area contributed by atoms with E-state index in [0.29, 0.717) is 18.3 Å². The van der Waals surface area contributed by atoms with Crippen molar-refractivity contribution in [1.82, 2.24) is 0 Å². The number of carbonyl (C=O) groups excluding carboxylic acids is 1. The molecule has 0 aliphatic heterocycles. The molecule has 9 atom stereocenters. The fourth-order valence-electron chi connectivity index (χ4n) is 8.72. The predicted octanol–water partition coefficient (Wildman–Crippen LogP) is 4.86. The van der Waals surface area contributed by atoms with Gasteiger partial charge in [-0.05, 0) is 106 Å². The summed E-state index contributed by atoms with van der Waals surface area (Å²) < 4.78 is 5.32. The minimum Gasteiger partial charge on any atom is -0.387 e. The van der Waals surface area contributed by atoms with Crippen LogP contribution in [-0.2, 0) is 9.53 Å². The summed E-state index contributed by atoms with van der Waals surface area (Å²) in [4.78, 5) is 12.4. The number of hydrogen-bond donors (Lipinski definition) is 1. The molecular weight excluding hydrogens is 336 g/mol. The van der Waals surface area contributed by atoms with Gasteiger partial charge < -0.3 is 9.84 Å². The van der Waals surface area contributed by atoms with E-state index in [4.69, 9.17) is 4.74 Å². The van der Waals surface area contributed by atoms with Gasteiger partial charge in [-0.2, -0.15) is 0 Å². The second-order valence-corrected chi connectivity index (χ2v) is 11.0. The van der Waals surface area contributed by atoms with Crippen LogP contribution in [0, 0.1) is 46.8 Å². The van der Waals surface area contributed by atoms with E-state index >= 15 is 0 Å². The van der Waals surface area contributed by atoms with Gasteiger partial charge in [0.25, 0.3) is 0 Å². The molecule has 4 aliphatic carbocycles. The van der Waals surface area contributed by atoms with E-state index in [9.17, 15) is 9.90 Å². The molecule has 4 fully saturated rings. The third-order valence-electron chi connectivity index (χ3n) is 9.62. The maximum atomic E-state index is 12.4. The zero-order valence-corrected chi connectivity index (χ0v) is 17.9. The zero-order valence-electron chi connectivity index (χ0n) is 17.9. The molecule has 0 unspecified atom stereocenters. The number of ether oxygens (including phenoxy) is 1. The van der Waals surface area contributed by atoms with E-state index in [2.05, 4.69) is 13.8 Å². The third kappa shape index (κ3) is 3.21. The number of Topliss-reactive ketones (excluding diaryl/α,β-unsaturated/α-hetero) is 1. The van der Waals surface area contributed by atoms with Crippen LogP contribution in [0.2, 0.25) is 0 Å². The van der Waals surface area contributed by atoms with E-state index in [1.165, 1.54) is 38.5 Å². The van der Waals surface area contributed by atoms with E-state index in [-0.39, 0.29) is 11.3 Å². The molecule has 1 N–H and O–H groups in total. The van der Waals surface area contributed by atoms with Crippen LogP contribution in [-0.4, -0.2) is 30.2 Å². The number of rotatable bonds is 3. The SMILES string of the molecule is COC[C@@]1(O)CC[C@H]2[C@H](CC[C@@H]3[C@@H]2CC[C@@]2(C)[C@H]3[C@H](C)CC[C@@H]2C(C)=O)C1. The van der Waals surface area contributed by atoms with Gasteiger partial charge in [-0.3, -0.25) is 4.79 Å². The molecule has 154 valence electrons. The largest absolute Gasteiger partial charge is 0.387 e. The standard InChI is InChI=1S/C24H40O3/c1-15-5-8-21(16(2)25)23(3)11-9-19-18-10-12-24(26,14-27-4)13-17(18)6-7-20(19)22(15)23/h15,17-22,26H,5-14H2,1-4H3/t15-,17-,18+,19-,20-,21-,22+,23-,24-/m1/s1. The molecule has 4 rings (SSSR count). The number of ketones is 1. The van der Waals surface area contributed by atoms with Crippen LogP contribution in [0.3, 0.4) is 0 Å². The van der Waals surface area contributed by atoms with Crippen molar-refractivity contribution in [3.05, 3.63) is 0 Å². The fourth-order valence-corrected chi connectivity index (χ4v) is 8.72. The Balaban J connectivity index is 1.56. The van der Waals surface area contributed by atoms with Gasteiger partial charge >= 0.3 is 0 Å². The lowest BCUT2D eigenvalue weighted by Crippen LogP contribution is -2.57. The first kappa shape index (κ1) is 19.9. The van der Waals surface area contributed by atoms with E-state index < -0.39 is 5.60 Å². The molecule has 3 heteroatoms. The molecule has 0 spiro atoms. The molecule has 4 saturated carbocycles. The summed E-state index contributed by atoms with van der Waals surface area (Å²) in [6.45, 7) is 7.25. The Labute approximate surface area is 165 Å². The average molecular weight is 377 g/mol. The first-order valence-corrected chi connectivity index (χ1v) is 11.5. The van der Waals surface area contributed by atoms with E-state index in [1.54, 1.807) is 7.11 Å². The Kier molecular flexibility index (Phi) is 5.25. The first-order chi connectivity index (χ1) is 12.8. The molecule has 0 aromatic rings. The molecule has 0 amide bonds. The average Bonchev–Trinajstić information content (AvgIpc) is 2.60. The highest BCUT2D eigenvalue weighted by molar-refractivity contribution is 5.79. The lowest BCUT2D eigenvalue weighted by atomic mass is 9.43. The predicted molar refractivity (Wildman–Crippen MR) is 107 cm³/mol. The van der Waals surface area contributed by atoms with Crippen LogP contribution in [0.25, 0.3) is 0 Å². The van der Waals surface area contributed by atoms with Gasteiger partial charge in [0.1, 0.15) is 5.78 Å². The van der Waals surface area contributed by atoms with E-state index in [1.807, 2.05) is 6.92 Å². The van der Waals surface area contributed by atoms with Crippen LogP contribution in [0.4, 0.5) is 0 Å². The van der Waals surface area contributed by atoms with Gasteiger partial charge in [-0.1, -0.05) is 13.8 Å². The maximum Gasteiger partial charge on any atom is 0.133 e. The van der Waals surface area contributed by atoms with Crippen LogP contribution in [0.1, 0.15) is 78.6 Å². The maximum absolute atomic E-state index is 12.4. The van der Waals surface area contributed by atoms with Gasteiger partial charge in [0.2, 0.25) is 0 Å². The number of fused-ring (bicyclic) bond motifs is 5. The second kappa shape index (κ2) is 7.13. The summed E-state index contributed by atoms with van der Waals surface area (Å²) in [5.74, 6) is 5.28. The summed E-state index contributed by atoms with van der Waals surface area (Å²) >= 11 is 0. The Morgan fingerprint density at radius 2 is 1.78 bits per heavy atom. The highest BCUT2D eigenvalue weighted by atomic mass is 16.5. The van der Waals surface area contributed by atoms with Gasteiger partial charge in [0, 0.05) is 13.0 Å². The lowest BCUT2D eigenvalue weighted by Gasteiger charge is -2.62. The first-order valence-electron chi connectivity index (χ1n) is 11.5. The summed E-state index contributed by atoms with van der Waals surface area (Å²) in [7, 11) is 1.71. The summed E-state index contributed by atoms with van der Waals surface area (Å²) in [6, 6.07) is 0. The highest BCUT2D eigenvalue weighted by Crippen LogP contribution is 2.64. The molecule has 0 bridgehead atoms. The van der Waals surface area contributed by atoms with Crippen molar-refractivity contribution >= 4 is 5.78 Å². The third-order valence-corrected chi connectivity index (χ3v) is 9.62. The van der Waals surface area contributed by atoms with Crippen molar-refractivity contribution < 1.29 is 14.6 Å². The van der Waals surface area contributed by atoms with Gasteiger partial charge in [0.05, 0.1) is 12.2 Å². The molecule has 27 heavy (non-hydrogen) atoms. The second-order valence-electron chi connectivity index (χ2n) is 11.0. The minimum atomic E-state index is -0.593. The molecule has 0 heterocycles. The number of methoxy groups -OCH3 is 1. The van der Waals surface area contributed by atoms with Crippen molar-refractivity contribution in [3.8, 4) is 0 Å². The normalized spacial score (nSPS) is 52.4. The highest BCUT2D eigenvalue weighted by Gasteiger charge is 2.58.